The van der Waals surface area contributed by atoms with Gasteiger partial charge >= 0.3 is 0 Å². The summed E-state index contributed by atoms with van der Waals surface area (Å²) < 4.78 is 13.1. The number of benzene rings is 2. The first kappa shape index (κ1) is 21.1. The van der Waals surface area contributed by atoms with Gasteiger partial charge in [0, 0.05) is 22.2 Å². The van der Waals surface area contributed by atoms with Gasteiger partial charge in [-0.3, -0.25) is 4.79 Å². The fourth-order valence-corrected chi connectivity index (χ4v) is 3.25. The molecule has 0 unspecified atom stereocenters. The number of ether oxygens (including phenoxy) is 2. The van der Waals surface area contributed by atoms with E-state index < -0.39 is 0 Å². The molecular formula is C21H19Br2NO3. The van der Waals surface area contributed by atoms with Crippen molar-refractivity contribution >= 4 is 21.7 Å². The molecule has 27 heavy (non-hydrogen) atoms. The van der Waals surface area contributed by atoms with Crippen LogP contribution in [-0.4, -0.2) is 20.0 Å². The number of hydrogen-bond donors (Lipinski definition) is 0. The highest BCUT2D eigenvalue weighted by Gasteiger charge is 2.19. The van der Waals surface area contributed by atoms with Gasteiger partial charge in [-0.1, -0.05) is 30.3 Å². The summed E-state index contributed by atoms with van der Waals surface area (Å²) in [5.41, 5.74) is 2.82. The van der Waals surface area contributed by atoms with Crippen LogP contribution in [0.3, 0.4) is 0 Å². The molecular weight excluding hydrogens is 474 g/mol. The van der Waals surface area contributed by atoms with Gasteiger partial charge in [0.25, 0.3) is 0 Å². The van der Waals surface area contributed by atoms with Crippen LogP contribution in [0.2, 0.25) is 0 Å². The summed E-state index contributed by atoms with van der Waals surface area (Å²) in [5, 5.41) is 0. The zero-order chi connectivity index (χ0) is 18.5. The number of nitrogens with zero attached hydrogens (tertiary/aromatic N) is 1. The molecule has 0 amide bonds. The van der Waals surface area contributed by atoms with Gasteiger partial charge in [-0.2, -0.15) is 4.57 Å². The van der Waals surface area contributed by atoms with Gasteiger partial charge < -0.3 is 26.5 Å². The number of pyridine rings is 1. The van der Waals surface area contributed by atoms with Crippen molar-refractivity contribution in [3.05, 3.63) is 77.0 Å². The van der Waals surface area contributed by atoms with E-state index >= 15 is 0 Å². The lowest BCUT2D eigenvalue weighted by molar-refractivity contribution is -0.683. The fourth-order valence-electron chi connectivity index (χ4n) is 2.70. The monoisotopic (exact) mass is 491 g/mol. The van der Waals surface area contributed by atoms with E-state index in [1.165, 1.54) is 0 Å². The number of Topliss-reactive ketones (excluding diaryl/α,β-unsaturated/α-hetero) is 1. The van der Waals surface area contributed by atoms with Gasteiger partial charge in [0.05, 0.1) is 14.2 Å². The van der Waals surface area contributed by atoms with Crippen LogP contribution in [0.25, 0.3) is 11.1 Å². The van der Waals surface area contributed by atoms with Gasteiger partial charge in [-0.05, 0) is 39.2 Å². The molecule has 4 nitrogen and oxygen atoms in total. The maximum absolute atomic E-state index is 12.7. The van der Waals surface area contributed by atoms with Crippen LogP contribution >= 0.6 is 15.9 Å². The molecule has 1 aromatic heterocycles. The Labute approximate surface area is 177 Å². The zero-order valence-electron chi connectivity index (χ0n) is 15.0. The third kappa shape index (κ3) is 4.96. The third-order valence-electron chi connectivity index (χ3n) is 4.10. The zero-order valence-corrected chi connectivity index (χ0v) is 18.2. The first-order valence-corrected chi connectivity index (χ1v) is 8.91. The molecule has 140 valence electrons. The van der Waals surface area contributed by atoms with Gasteiger partial charge in [0.1, 0.15) is 0 Å². The fraction of sp³-hybridized carbons (Fsp3) is 0.143. The highest BCUT2D eigenvalue weighted by Crippen LogP contribution is 2.33. The molecule has 0 spiro atoms. The van der Waals surface area contributed by atoms with Gasteiger partial charge in [0.2, 0.25) is 12.3 Å². The molecule has 2 aromatic carbocycles. The van der Waals surface area contributed by atoms with Crippen molar-refractivity contribution in [2.24, 2.45) is 0 Å². The lowest BCUT2D eigenvalue weighted by atomic mass is 10.1. The van der Waals surface area contributed by atoms with Gasteiger partial charge in [-0.25, -0.2) is 0 Å². The lowest BCUT2D eigenvalue weighted by Gasteiger charge is -2.10. The summed E-state index contributed by atoms with van der Waals surface area (Å²) in [6.07, 6.45) is 3.82. The Morgan fingerprint density at radius 1 is 0.926 bits per heavy atom. The normalized spacial score (nSPS) is 10.0. The van der Waals surface area contributed by atoms with Crippen LogP contribution < -0.4 is 31.0 Å². The van der Waals surface area contributed by atoms with Crippen LogP contribution in [0.4, 0.5) is 0 Å². The first-order chi connectivity index (χ1) is 12.6. The van der Waals surface area contributed by atoms with E-state index in [1.807, 2.05) is 47.3 Å². The minimum absolute atomic E-state index is 0. The van der Waals surface area contributed by atoms with E-state index in [9.17, 15) is 4.79 Å². The summed E-state index contributed by atoms with van der Waals surface area (Å²) >= 11 is 3.44. The second kappa shape index (κ2) is 9.67. The number of hydrogen-bond acceptors (Lipinski definition) is 3. The minimum atomic E-state index is -0.0183. The minimum Gasteiger partial charge on any atom is -1.00 e. The van der Waals surface area contributed by atoms with Gasteiger partial charge in [-0.15, -0.1) is 0 Å². The van der Waals surface area contributed by atoms with E-state index in [0.717, 1.165) is 11.1 Å². The Bertz CT molecular complexity index is 913. The molecule has 0 N–H and O–H groups in total. The number of rotatable bonds is 6. The van der Waals surface area contributed by atoms with Crippen molar-refractivity contribution in [3.8, 4) is 22.6 Å². The van der Waals surface area contributed by atoms with Crippen molar-refractivity contribution in [1.29, 1.82) is 0 Å². The van der Waals surface area contributed by atoms with Crippen LogP contribution in [0.5, 0.6) is 11.5 Å². The molecule has 0 saturated carbocycles. The molecule has 6 heteroatoms. The van der Waals surface area contributed by atoms with Gasteiger partial charge in [0.15, 0.2) is 23.9 Å². The maximum atomic E-state index is 12.7. The molecule has 0 aliphatic carbocycles. The molecule has 3 rings (SSSR count). The molecule has 0 bridgehead atoms. The average molecular weight is 493 g/mol. The van der Waals surface area contributed by atoms with E-state index in [-0.39, 0.29) is 29.3 Å². The summed E-state index contributed by atoms with van der Waals surface area (Å²) in [5.74, 6) is 1.09. The third-order valence-corrected chi connectivity index (χ3v) is 4.75. The van der Waals surface area contributed by atoms with Crippen LogP contribution in [0.1, 0.15) is 10.4 Å². The van der Waals surface area contributed by atoms with Crippen molar-refractivity contribution in [1.82, 2.24) is 0 Å². The number of methoxy groups -OCH3 is 2. The largest absolute Gasteiger partial charge is 1.00 e. The number of carbonyl (C=O) groups is 1. The van der Waals surface area contributed by atoms with Crippen molar-refractivity contribution in [3.63, 3.8) is 0 Å². The van der Waals surface area contributed by atoms with E-state index in [1.54, 1.807) is 26.4 Å². The van der Waals surface area contributed by atoms with Crippen molar-refractivity contribution in [2.45, 2.75) is 6.54 Å². The SMILES string of the molecule is COc1cc(Br)c(C(=O)C[n+]2ccc(-c3ccccc3)cc2)cc1OC.[Br-]. The second-order valence-corrected chi connectivity index (χ2v) is 6.59. The average Bonchev–Trinajstić information content (AvgIpc) is 2.68. The molecule has 0 aliphatic rings. The summed E-state index contributed by atoms with van der Waals surface area (Å²) in [7, 11) is 3.12. The van der Waals surface area contributed by atoms with Crippen LogP contribution in [0, 0.1) is 0 Å². The summed E-state index contributed by atoms with van der Waals surface area (Å²) in [6.45, 7) is 0.239. The summed E-state index contributed by atoms with van der Waals surface area (Å²) in [4.78, 5) is 12.7. The lowest BCUT2D eigenvalue weighted by Crippen LogP contribution is -3.00. The molecule has 0 radical (unpaired) electrons. The highest BCUT2D eigenvalue weighted by molar-refractivity contribution is 9.10. The second-order valence-electron chi connectivity index (χ2n) is 5.74. The number of ketones is 1. The molecule has 3 aromatic rings. The molecule has 0 atom stereocenters. The van der Waals surface area contributed by atoms with Crippen LogP contribution in [0.15, 0.2) is 71.5 Å². The van der Waals surface area contributed by atoms with Crippen LogP contribution in [-0.2, 0) is 6.54 Å². The Morgan fingerprint density at radius 2 is 1.48 bits per heavy atom. The Kier molecular flexibility index (Phi) is 7.56. The van der Waals surface area contributed by atoms with Crippen molar-refractivity contribution < 1.29 is 35.8 Å². The molecule has 0 aliphatic heterocycles. The smallest absolute Gasteiger partial charge is 0.228 e. The topological polar surface area (TPSA) is 39.4 Å². The number of carbonyl (C=O) groups excluding carboxylic acids is 1. The number of halogens is 2. The molecule has 0 fully saturated rings. The van der Waals surface area contributed by atoms with E-state index in [4.69, 9.17) is 9.47 Å². The Balaban J connectivity index is 0.00000261. The Hall–Kier alpha value is -2.18. The maximum Gasteiger partial charge on any atom is 0.228 e. The standard InChI is InChI=1S/C21H19BrNO3.BrH/c1-25-20-12-17(18(22)13-21(20)26-2)19(24)14-23-10-8-16(9-11-23)15-6-4-3-5-7-15;/h3-13H,14H2,1-2H3;1H/q+1;/p-1. The first-order valence-electron chi connectivity index (χ1n) is 8.11. The predicted octanol–water partition coefficient (Wildman–Crippen LogP) is 1.31. The molecule has 0 saturated heterocycles. The predicted molar refractivity (Wildman–Crippen MR) is 104 cm³/mol. The quantitative estimate of drug-likeness (QED) is 0.384. The van der Waals surface area contributed by atoms with E-state index in [2.05, 4.69) is 28.1 Å². The highest BCUT2D eigenvalue weighted by atomic mass is 79.9. The Morgan fingerprint density at radius 3 is 2.07 bits per heavy atom. The van der Waals surface area contributed by atoms with Crippen molar-refractivity contribution in [2.75, 3.05) is 14.2 Å². The number of aromatic nitrogens is 1. The summed E-state index contributed by atoms with van der Waals surface area (Å²) in [6, 6.07) is 17.6. The molecule has 1 heterocycles. The van der Waals surface area contributed by atoms with E-state index in [0.29, 0.717) is 21.5 Å².